The molecule has 0 bridgehead atoms. The smallest absolute Gasteiger partial charge is 0.240 e. The number of carbonyl (C=O) groups is 1. The van der Waals surface area contributed by atoms with Crippen molar-refractivity contribution in [3.8, 4) is 0 Å². The Balaban J connectivity index is 1.83. The molecule has 3 nitrogen and oxygen atoms in total. The molecule has 2 heterocycles. The zero-order valence-electron chi connectivity index (χ0n) is 10.6. The average molecular weight is 272 g/mol. The third-order valence-electron chi connectivity index (χ3n) is 3.34. The molecule has 1 N–H and O–H groups in total. The molecule has 0 radical (unpaired) electrons. The lowest BCUT2D eigenvalue weighted by molar-refractivity contribution is -0.117. The average Bonchev–Trinajstić information content (AvgIpc) is 2.88. The number of nitrogens with zero attached hydrogens (tertiary/aromatic N) is 1. The van der Waals surface area contributed by atoms with Gasteiger partial charge in [0.05, 0.1) is 6.54 Å². The topological polar surface area (TPSA) is 32.3 Å². The van der Waals surface area contributed by atoms with E-state index in [0.29, 0.717) is 6.54 Å². The number of amides is 1. The molecule has 1 amide bonds. The number of nitrogens with one attached hydrogen (secondary N) is 1. The Bertz CT molecular complexity index is 565. The summed E-state index contributed by atoms with van der Waals surface area (Å²) in [6.45, 7) is 1.93. The van der Waals surface area contributed by atoms with Gasteiger partial charge in [0.1, 0.15) is 0 Å². The van der Waals surface area contributed by atoms with E-state index < -0.39 is 0 Å². The highest BCUT2D eigenvalue weighted by Gasteiger charge is 2.21. The molecule has 1 aromatic heterocycles. The summed E-state index contributed by atoms with van der Waals surface area (Å²) in [6, 6.07) is 12.3. The second-order valence-corrected chi connectivity index (χ2v) is 5.64. The number of benzene rings is 1. The molecule has 98 valence electrons. The first kappa shape index (κ1) is 12.4. The van der Waals surface area contributed by atoms with Gasteiger partial charge in [-0.2, -0.15) is 0 Å². The van der Waals surface area contributed by atoms with E-state index in [0.717, 1.165) is 25.2 Å². The molecule has 0 fully saturated rings. The number of anilines is 1. The monoisotopic (exact) mass is 272 g/mol. The first-order valence-electron chi connectivity index (χ1n) is 6.46. The van der Waals surface area contributed by atoms with Gasteiger partial charge in [0.15, 0.2) is 0 Å². The third-order valence-corrected chi connectivity index (χ3v) is 4.27. The Morgan fingerprint density at radius 3 is 2.89 bits per heavy atom. The molecule has 1 aliphatic heterocycles. The van der Waals surface area contributed by atoms with Crippen molar-refractivity contribution in [2.75, 3.05) is 18.0 Å². The predicted octanol–water partition coefficient (Wildman–Crippen LogP) is 2.43. The highest BCUT2D eigenvalue weighted by atomic mass is 32.1. The summed E-state index contributed by atoms with van der Waals surface area (Å²) >= 11 is 1.75. The first-order valence-corrected chi connectivity index (χ1v) is 7.34. The van der Waals surface area contributed by atoms with Gasteiger partial charge >= 0.3 is 0 Å². The van der Waals surface area contributed by atoms with Crippen LogP contribution in [0.3, 0.4) is 0 Å². The lowest BCUT2D eigenvalue weighted by Crippen LogP contribution is -2.36. The van der Waals surface area contributed by atoms with Crippen molar-refractivity contribution in [3.63, 3.8) is 0 Å². The summed E-state index contributed by atoms with van der Waals surface area (Å²) in [4.78, 5) is 15.4. The van der Waals surface area contributed by atoms with E-state index in [1.54, 1.807) is 11.3 Å². The standard InChI is InChI=1S/C15H16N2OS/c18-15-11-16-10-12-4-1-2-6-14(12)17(15)8-7-13-5-3-9-19-13/h1-6,9,16H,7-8,10-11H2. The molecule has 1 aromatic carbocycles. The van der Waals surface area contributed by atoms with Gasteiger partial charge in [-0.25, -0.2) is 0 Å². The fraction of sp³-hybridized carbons (Fsp3) is 0.267. The van der Waals surface area contributed by atoms with Crippen molar-refractivity contribution in [1.82, 2.24) is 5.32 Å². The molecule has 1 aliphatic rings. The fourth-order valence-electron chi connectivity index (χ4n) is 2.38. The van der Waals surface area contributed by atoms with E-state index in [9.17, 15) is 4.79 Å². The van der Waals surface area contributed by atoms with Crippen LogP contribution in [0.2, 0.25) is 0 Å². The Kier molecular flexibility index (Phi) is 3.62. The predicted molar refractivity (Wildman–Crippen MR) is 78.5 cm³/mol. The van der Waals surface area contributed by atoms with Gasteiger partial charge in [0.2, 0.25) is 5.91 Å². The van der Waals surface area contributed by atoms with Crippen LogP contribution >= 0.6 is 11.3 Å². The normalized spacial score (nSPS) is 15.2. The van der Waals surface area contributed by atoms with Crippen LogP contribution in [0.15, 0.2) is 41.8 Å². The molecule has 0 aliphatic carbocycles. The van der Waals surface area contributed by atoms with Gasteiger partial charge in [-0.15, -0.1) is 11.3 Å². The van der Waals surface area contributed by atoms with Crippen molar-refractivity contribution < 1.29 is 4.79 Å². The highest BCUT2D eigenvalue weighted by molar-refractivity contribution is 7.09. The minimum absolute atomic E-state index is 0.154. The van der Waals surface area contributed by atoms with Gasteiger partial charge in [0, 0.05) is 23.7 Å². The van der Waals surface area contributed by atoms with Crippen molar-refractivity contribution >= 4 is 22.9 Å². The molecular weight excluding hydrogens is 256 g/mol. The van der Waals surface area contributed by atoms with E-state index in [-0.39, 0.29) is 5.91 Å². The molecule has 0 saturated carbocycles. The van der Waals surface area contributed by atoms with E-state index >= 15 is 0 Å². The van der Waals surface area contributed by atoms with Gasteiger partial charge < -0.3 is 10.2 Å². The van der Waals surface area contributed by atoms with Gasteiger partial charge in [0.25, 0.3) is 0 Å². The number of para-hydroxylation sites is 1. The van der Waals surface area contributed by atoms with Gasteiger partial charge in [-0.3, -0.25) is 4.79 Å². The second-order valence-electron chi connectivity index (χ2n) is 4.61. The summed E-state index contributed by atoms with van der Waals surface area (Å²) in [5, 5.41) is 5.27. The number of fused-ring (bicyclic) bond motifs is 1. The van der Waals surface area contributed by atoms with Crippen LogP contribution in [0.5, 0.6) is 0 Å². The molecule has 19 heavy (non-hydrogen) atoms. The number of rotatable bonds is 3. The highest BCUT2D eigenvalue weighted by Crippen LogP contribution is 2.23. The molecule has 0 atom stereocenters. The zero-order valence-corrected chi connectivity index (χ0v) is 11.5. The van der Waals surface area contributed by atoms with Gasteiger partial charge in [-0.05, 0) is 29.5 Å². The van der Waals surface area contributed by atoms with Crippen LogP contribution in [-0.2, 0) is 17.8 Å². The number of hydrogen-bond acceptors (Lipinski definition) is 3. The molecule has 4 heteroatoms. The van der Waals surface area contributed by atoms with Crippen LogP contribution in [0.1, 0.15) is 10.4 Å². The van der Waals surface area contributed by atoms with Crippen LogP contribution < -0.4 is 10.2 Å². The zero-order chi connectivity index (χ0) is 13.1. The van der Waals surface area contributed by atoms with E-state index in [2.05, 4.69) is 28.9 Å². The van der Waals surface area contributed by atoms with Crippen LogP contribution in [0.25, 0.3) is 0 Å². The SMILES string of the molecule is O=C1CNCc2ccccc2N1CCc1cccs1. The van der Waals surface area contributed by atoms with Crippen LogP contribution in [0, 0.1) is 0 Å². The van der Waals surface area contributed by atoms with Crippen molar-refractivity contribution in [2.24, 2.45) is 0 Å². The quantitative estimate of drug-likeness (QED) is 0.930. The van der Waals surface area contributed by atoms with Crippen molar-refractivity contribution in [3.05, 3.63) is 52.2 Å². The van der Waals surface area contributed by atoms with E-state index in [1.807, 2.05) is 23.1 Å². The van der Waals surface area contributed by atoms with Crippen molar-refractivity contribution in [2.45, 2.75) is 13.0 Å². The summed E-state index contributed by atoms with van der Waals surface area (Å²) in [5.74, 6) is 0.154. The van der Waals surface area contributed by atoms with Crippen molar-refractivity contribution in [1.29, 1.82) is 0 Å². The minimum Gasteiger partial charge on any atom is -0.311 e. The Labute approximate surface area is 116 Å². The van der Waals surface area contributed by atoms with E-state index in [1.165, 1.54) is 10.4 Å². The lowest BCUT2D eigenvalue weighted by Gasteiger charge is -2.22. The largest absolute Gasteiger partial charge is 0.311 e. The first-order chi connectivity index (χ1) is 9.34. The maximum absolute atomic E-state index is 12.2. The maximum atomic E-state index is 12.2. The van der Waals surface area contributed by atoms with Crippen LogP contribution in [0.4, 0.5) is 5.69 Å². The molecule has 2 aromatic rings. The summed E-state index contributed by atoms with van der Waals surface area (Å²) < 4.78 is 0. The molecule has 0 spiro atoms. The van der Waals surface area contributed by atoms with E-state index in [4.69, 9.17) is 0 Å². The molecule has 3 rings (SSSR count). The lowest BCUT2D eigenvalue weighted by atomic mass is 10.1. The Morgan fingerprint density at radius 1 is 1.16 bits per heavy atom. The Morgan fingerprint density at radius 2 is 2.05 bits per heavy atom. The van der Waals surface area contributed by atoms with Gasteiger partial charge in [-0.1, -0.05) is 24.3 Å². The summed E-state index contributed by atoms with van der Waals surface area (Å²) in [7, 11) is 0. The minimum atomic E-state index is 0.154. The molecule has 0 saturated heterocycles. The number of carbonyl (C=O) groups excluding carboxylic acids is 1. The molecular formula is C15H16N2OS. The fourth-order valence-corrected chi connectivity index (χ4v) is 3.08. The summed E-state index contributed by atoms with van der Waals surface area (Å²) in [6.07, 6.45) is 0.914. The second kappa shape index (κ2) is 5.55. The summed E-state index contributed by atoms with van der Waals surface area (Å²) in [5.41, 5.74) is 2.24. The number of hydrogen-bond donors (Lipinski definition) is 1. The molecule has 0 unspecified atom stereocenters. The maximum Gasteiger partial charge on any atom is 0.240 e. The van der Waals surface area contributed by atoms with Crippen LogP contribution in [-0.4, -0.2) is 19.0 Å². The number of thiophene rings is 1. The third kappa shape index (κ3) is 2.69. The Hall–Kier alpha value is -1.65.